The third kappa shape index (κ3) is 2.42. The lowest BCUT2D eigenvalue weighted by atomic mass is 10.1. The van der Waals surface area contributed by atoms with Crippen LogP contribution in [0.25, 0.3) is 0 Å². The smallest absolute Gasteiger partial charge is 0.0573 e. The van der Waals surface area contributed by atoms with E-state index < -0.39 is 0 Å². The summed E-state index contributed by atoms with van der Waals surface area (Å²) in [4.78, 5) is 4.40. The van der Waals surface area contributed by atoms with E-state index >= 15 is 0 Å². The molecule has 2 nitrogen and oxygen atoms in total. The van der Waals surface area contributed by atoms with E-state index in [-0.39, 0.29) is 12.4 Å². The molecular weight excluding hydrogens is 184 g/mol. The summed E-state index contributed by atoms with van der Waals surface area (Å²) in [6.07, 6.45) is 4.45. The van der Waals surface area contributed by atoms with Gasteiger partial charge >= 0.3 is 0 Å². The maximum atomic E-state index is 4.40. The molecule has 1 aromatic heterocycles. The van der Waals surface area contributed by atoms with Gasteiger partial charge in [-0.05, 0) is 37.9 Å². The number of pyridine rings is 1. The molecule has 1 atom stereocenters. The Kier molecular flexibility index (Phi) is 3.70. The highest BCUT2D eigenvalue weighted by Gasteiger charge is 2.16. The highest BCUT2D eigenvalue weighted by Crippen LogP contribution is 2.20. The van der Waals surface area contributed by atoms with Crippen LogP contribution in [-0.2, 0) is 0 Å². The number of hydrogen-bond acceptors (Lipinski definition) is 2. The monoisotopic (exact) mass is 198 g/mol. The van der Waals surface area contributed by atoms with Crippen molar-refractivity contribution in [2.24, 2.45) is 0 Å². The molecule has 1 N–H and O–H groups in total. The molecular formula is C10H15ClN2. The molecule has 1 aliphatic heterocycles. The predicted octanol–water partition coefficient (Wildman–Crippen LogP) is 2.24. The van der Waals surface area contributed by atoms with Crippen molar-refractivity contribution in [3.63, 3.8) is 0 Å². The van der Waals surface area contributed by atoms with Crippen LogP contribution < -0.4 is 5.32 Å². The number of nitrogens with one attached hydrogen (secondary N) is 1. The fourth-order valence-corrected chi connectivity index (χ4v) is 1.62. The Balaban J connectivity index is 0.000000845. The average Bonchev–Trinajstić information content (AvgIpc) is 2.58. The van der Waals surface area contributed by atoms with E-state index in [4.69, 9.17) is 0 Å². The summed E-state index contributed by atoms with van der Waals surface area (Å²) in [6.45, 7) is 3.21. The molecule has 0 aromatic carbocycles. The van der Waals surface area contributed by atoms with Gasteiger partial charge in [0, 0.05) is 12.2 Å². The molecule has 3 heteroatoms. The maximum absolute atomic E-state index is 4.40. The van der Waals surface area contributed by atoms with Crippen molar-refractivity contribution in [1.82, 2.24) is 10.3 Å². The van der Waals surface area contributed by atoms with Crippen LogP contribution in [0.15, 0.2) is 18.3 Å². The van der Waals surface area contributed by atoms with Crippen molar-refractivity contribution >= 4 is 12.4 Å². The van der Waals surface area contributed by atoms with Gasteiger partial charge in [0.1, 0.15) is 0 Å². The second-order valence-corrected chi connectivity index (χ2v) is 3.41. The minimum Gasteiger partial charge on any atom is -0.309 e. The molecule has 1 aromatic rings. The maximum Gasteiger partial charge on any atom is 0.0573 e. The number of aromatic nitrogens is 1. The van der Waals surface area contributed by atoms with Gasteiger partial charge in [-0.3, -0.25) is 4.98 Å². The minimum absolute atomic E-state index is 0. The van der Waals surface area contributed by atoms with Gasteiger partial charge in [0.05, 0.1) is 5.69 Å². The van der Waals surface area contributed by atoms with Crippen molar-refractivity contribution in [2.45, 2.75) is 25.8 Å². The summed E-state index contributed by atoms with van der Waals surface area (Å²) in [5, 5.41) is 3.43. The van der Waals surface area contributed by atoms with Crippen LogP contribution in [0, 0.1) is 6.92 Å². The van der Waals surface area contributed by atoms with Crippen LogP contribution in [0.4, 0.5) is 0 Å². The Bertz CT molecular complexity index is 252. The number of aryl methyl sites for hydroxylation is 1. The molecule has 0 bridgehead atoms. The zero-order valence-electron chi connectivity index (χ0n) is 7.79. The van der Waals surface area contributed by atoms with E-state index in [0.717, 1.165) is 6.54 Å². The summed E-state index contributed by atoms with van der Waals surface area (Å²) in [5.41, 5.74) is 2.43. The van der Waals surface area contributed by atoms with Gasteiger partial charge in [0.15, 0.2) is 0 Å². The highest BCUT2D eigenvalue weighted by atomic mass is 35.5. The average molecular weight is 199 g/mol. The third-order valence-corrected chi connectivity index (χ3v) is 2.35. The molecule has 0 aliphatic carbocycles. The summed E-state index contributed by atoms with van der Waals surface area (Å²) >= 11 is 0. The minimum atomic E-state index is 0. The standard InChI is InChI=1S/C10H14N2.ClH/c1-8-4-5-10(12-7-8)9-3-2-6-11-9;/h4-5,7,9,11H,2-3,6H2,1H3;1H. The lowest BCUT2D eigenvalue weighted by Crippen LogP contribution is -2.13. The molecule has 13 heavy (non-hydrogen) atoms. The van der Waals surface area contributed by atoms with Gasteiger partial charge in [-0.15, -0.1) is 12.4 Å². The predicted molar refractivity (Wildman–Crippen MR) is 56.2 cm³/mol. The van der Waals surface area contributed by atoms with Crippen molar-refractivity contribution in [3.05, 3.63) is 29.6 Å². The Morgan fingerprint density at radius 1 is 1.46 bits per heavy atom. The van der Waals surface area contributed by atoms with E-state index in [2.05, 4.69) is 29.4 Å². The van der Waals surface area contributed by atoms with Crippen LogP contribution in [0.5, 0.6) is 0 Å². The van der Waals surface area contributed by atoms with E-state index in [0.29, 0.717) is 6.04 Å². The van der Waals surface area contributed by atoms with Gasteiger partial charge in [-0.25, -0.2) is 0 Å². The molecule has 0 saturated carbocycles. The SMILES string of the molecule is Cc1ccc(C2CCCN2)nc1.Cl. The van der Waals surface area contributed by atoms with Crippen LogP contribution >= 0.6 is 12.4 Å². The molecule has 1 aliphatic rings. The van der Waals surface area contributed by atoms with E-state index in [1.807, 2.05) is 6.20 Å². The highest BCUT2D eigenvalue weighted by molar-refractivity contribution is 5.85. The molecule has 0 spiro atoms. The molecule has 2 heterocycles. The normalized spacial score (nSPS) is 21.2. The van der Waals surface area contributed by atoms with E-state index in [1.54, 1.807) is 0 Å². The molecule has 1 unspecified atom stereocenters. The van der Waals surface area contributed by atoms with Crippen molar-refractivity contribution in [1.29, 1.82) is 0 Å². The van der Waals surface area contributed by atoms with Crippen molar-refractivity contribution < 1.29 is 0 Å². The molecule has 1 fully saturated rings. The first-order valence-electron chi connectivity index (χ1n) is 4.52. The summed E-state index contributed by atoms with van der Waals surface area (Å²) < 4.78 is 0. The van der Waals surface area contributed by atoms with Gasteiger partial charge in [-0.1, -0.05) is 6.07 Å². The number of hydrogen-bond donors (Lipinski definition) is 1. The molecule has 72 valence electrons. The first-order chi connectivity index (χ1) is 5.86. The summed E-state index contributed by atoms with van der Waals surface area (Å²) in [7, 11) is 0. The van der Waals surface area contributed by atoms with Gasteiger partial charge < -0.3 is 5.32 Å². The molecule has 2 rings (SSSR count). The Hall–Kier alpha value is -0.600. The number of rotatable bonds is 1. The van der Waals surface area contributed by atoms with Gasteiger partial charge in [0.25, 0.3) is 0 Å². The zero-order valence-corrected chi connectivity index (χ0v) is 8.60. The van der Waals surface area contributed by atoms with Crippen LogP contribution in [0.1, 0.15) is 30.1 Å². The topological polar surface area (TPSA) is 24.9 Å². The van der Waals surface area contributed by atoms with Crippen LogP contribution in [0.3, 0.4) is 0 Å². The van der Waals surface area contributed by atoms with E-state index in [1.165, 1.54) is 24.1 Å². The second-order valence-electron chi connectivity index (χ2n) is 3.41. The zero-order chi connectivity index (χ0) is 8.39. The Morgan fingerprint density at radius 3 is 2.85 bits per heavy atom. The van der Waals surface area contributed by atoms with Crippen LogP contribution in [0.2, 0.25) is 0 Å². The van der Waals surface area contributed by atoms with Crippen molar-refractivity contribution in [2.75, 3.05) is 6.54 Å². The molecule has 0 radical (unpaired) electrons. The Morgan fingerprint density at radius 2 is 2.31 bits per heavy atom. The lowest BCUT2D eigenvalue weighted by molar-refractivity contribution is 0.627. The quantitative estimate of drug-likeness (QED) is 0.749. The summed E-state index contributed by atoms with van der Waals surface area (Å²) in [6, 6.07) is 4.76. The number of halogens is 1. The third-order valence-electron chi connectivity index (χ3n) is 2.35. The lowest BCUT2D eigenvalue weighted by Gasteiger charge is -2.08. The van der Waals surface area contributed by atoms with Gasteiger partial charge in [-0.2, -0.15) is 0 Å². The first kappa shape index (κ1) is 10.5. The molecule has 0 amide bonds. The fraction of sp³-hybridized carbons (Fsp3) is 0.500. The first-order valence-corrected chi connectivity index (χ1v) is 4.52. The van der Waals surface area contributed by atoms with Crippen LogP contribution in [-0.4, -0.2) is 11.5 Å². The van der Waals surface area contributed by atoms with Gasteiger partial charge in [0.2, 0.25) is 0 Å². The molecule has 1 saturated heterocycles. The van der Waals surface area contributed by atoms with Crippen molar-refractivity contribution in [3.8, 4) is 0 Å². The second kappa shape index (κ2) is 4.58. The summed E-state index contributed by atoms with van der Waals surface area (Å²) in [5.74, 6) is 0. The fourth-order valence-electron chi connectivity index (χ4n) is 1.62. The Labute approximate surface area is 85.2 Å². The van der Waals surface area contributed by atoms with E-state index in [9.17, 15) is 0 Å². The number of nitrogens with zero attached hydrogens (tertiary/aromatic N) is 1. The largest absolute Gasteiger partial charge is 0.309 e.